The van der Waals surface area contributed by atoms with Crippen molar-refractivity contribution in [3.63, 3.8) is 0 Å². The van der Waals surface area contributed by atoms with Crippen molar-refractivity contribution >= 4 is 28.9 Å². The van der Waals surface area contributed by atoms with Crippen LogP contribution < -0.4 is 15.5 Å². The van der Waals surface area contributed by atoms with Gasteiger partial charge >= 0.3 is 0 Å². The van der Waals surface area contributed by atoms with Crippen LogP contribution in [0.2, 0.25) is 0 Å². The lowest BCUT2D eigenvalue weighted by atomic mass is 9.77. The minimum atomic E-state index is -1.08. The Hall–Kier alpha value is -2.62. The molecular formula is C20H21FN4O3S. The van der Waals surface area contributed by atoms with Gasteiger partial charge in [0.2, 0.25) is 5.91 Å². The van der Waals surface area contributed by atoms with Crippen molar-refractivity contribution in [1.29, 1.82) is 0 Å². The second-order valence-corrected chi connectivity index (χ2v) is 7.68. The normalized spacial score (nSPS) is 28.6. The molecule has 2 aromatic rings. The molecule has 1 amide bonds. The Balaban J connectivity index is 1.60. The maximum Gasteiger partial charge on any atom is 0.225 e. The minimum Gasteiger partial charge on any atom is -0.390 e. The molecular weight excluding hydrogens is 395 g/mol. The molecule has 0 radical (unpaired) electrons. The van der Waals surface area contributed by atoms with Crippen molar-refractivity contribution in [1.82, 2.24) is 15.6 Å². The number of aliphatic hydroxyl groups is 2. The van der Waals surface area contributed by atoms with Gasteiger partial charge in [-0.1, -0.05) is 6.07 Å². The average molecular weight is 416 g/mol. The van der Waals surface area contributed by atoms with Crippen molar-refractivity contribution in [2.24, 2.45) is 5.92 Å². The van der Waals surface area contributed by atoms with Gasteiger partial charge in [-0.25, -0.2) is 4.39 Å². The van der Waals surface area contributed by atoms with Crippen molar-refractivity contribution in [2.75, 3.05) is 4.90 Å². The molecule has 1 aliphatic carbocycles. The van der Waals surface area contributed by atoms with E-state index in [1.165, 1.54) is 12.1 Å². The molecule has 2 heterocycles. The highest BCUT2D eigenvalue weighted by Gasteiger charge is 2.53. The van der Waals surface area contributed by atoms with E-state index >= 15 is 0 Å². The molecule has 0 unspecified atom stereocenters. The van der Waals surface area contributed by atoms with Gasteiger partial charge in [-0.3, -0.25) is 9.78 Å². The molecule has 4 N–H and O–H groups in total. The number of rotatable bonds is 4. The number of carbonyl (C=O) groups is 1. The number of hydrogen-bond acceptors (Lipinski definition) is 5. The molecule has 9 heteroatoms. The third kappa shape index (κ3) is 3.81. The second-order valence-electron chi connectivity index (χ2n) is 7.29. The number of nitrogens with one attached hydrogen (secondary N) is 2. The first-order valence-corrected chi connectivity index (χ1v) is 9.74. The number of amides is 1. The van der Waals surface area contributed by atoms with Crippen molar-refractivity contribution in [2.45, 2.75) is 37.3 Å². The lowest BCUT2D eigenvalue weighted by molar-refractivity contribution is -0.131. The maximum atomic E-state index is 13.4. The standard InChI is InChI=1S/C20H21FN4O3S/c21-12-3-5-13(6-4-12)25-17-14(8-15(26)18(27)16(17)24-20(25)29)19(28)23-10-11-2-1-7-22-9-11/h1-7,9,14-18,26-27H,8,10H2,(H,23,28)(H,24,29)/t14-,15-,16-,17-,18+/m1/s1. The molecule has 1 saturated carbocycles. The molecule has 1 aromatic heterocycles. The van der Waals surface area contributed by atoms with E-state index in [0.29, 0.717) is 17.3 Å². The van der Waals surface area contributed by atoms with Gasteiger partial charge in [0.25, 0.3) is 0 Å². The number of anilines is 1. The van der Waals surface area contributed by atoms with Crippen LogP contribution in [0.4, 0.5) is 10.1 Å². The Morgan fingerprint density at radius 1 is 1.31 bits per heavy atom. The van der Waals surface area contributed by atoms with Crippen molar-refractivity contribution in [3.8, 4) is 0 Å². The van der Waals surface area contributed by atoms with Gasteiger partial charge in [0.05, 0.1) is 24.1 Å². The summed E-state index contributed by atoms with van der Waals surface area (Å²) in [5.74, 6) is -1.27. The van der Waals surface area contributed by atoms with E-state index in [1.807, 2.05) is 6.07 Å². The zero-order chi connectivity index (χ0) is 20.5. The predicted molar refractivity (Wildman–Crippen MR) is 108 cm³/mol. The van der Waals surface area contributed by atoms with Gasteiger partial charge in [-0.05, 0) is 54.5 Å². The fourth-order valence-electron chi connectivity index (χ4n) is 4.07. The Morgan fingerprint density at radius 2 is 2.07 bits per heavy atom. The van der Waals surface area contributed by atoms with Gasteiger partial charge in [-0.15, -0.1) is 0 Å². The van der Waals surface area contributed by atoms with E-state index in [2.05, 4.69) is 15.6 Å². The lowest BCUT2D eigenvalue weighted by Gasteiger charge is -2.41. The molecule has 2 aliphatic rings. The molecule has 1 aromatic carbocycles. The minimum absolute atomic E-state index is 0.0865. The summed E-state index contributed by atoms with van der Waals surface area (Å²) in [5, 5.41) is 27.0. The molecule has 0 bridgehead atoms. The number of fused-ring (bicyclic) bond motifs is 1. The van der Waals surface area contributed by atoms with Crippen LogP contribution in [0.1, 0.15) is 12.0 Å². The van der Waals surface area contributed by atoms with E-state index in [1.54, 1.807) is 35.5 Å². The first kappa shape index (κ1) is 19.7. The summed E-state index contributed by atoms with van der Waals surface area (Å²) >= 11 is 5.43. The highest BCUT2D eigenvalue weighted by Crippen LogP contribution is 2.36. The second kappa shape index (κ2) is 8.02. The number of halogens is 1. The smallest absolute Gasteiger partial charge is 0.225 e. The zero-order valence-corrected chi connectivity index (χ0v) is 16.2. The van der Waals surface area contributed by atoms with Crippen molar-refractivity contribution < 1.29 is 19.4 Å². The number of aromatic nitrogens is 1. The van der Waals surface area contributed by atoms with Crippen LogP contribution in [0, 0.1) is 11.7 Å². The third-order valence-electron chi connectivity index (χ3n) is 5.48. The molecule has 1 saturated heterocycles. The Kier molecular flexibility index (Phi) is 5.44. The van der Waals surface area contributed by atoms with Gasteiger partial charge in [0, 0.05) is 24.6 Å². The molecule has 4 rings (SSSR count). The average Bonchev–Trinajstić information content (AvgIpc) is 3.07. The highest BCUT2D eigenvalue weighted by molar-refractivity contribution is 7.80. The zero-order valence-electron chi connectivity index (χ0n) is 15.4. The van der Waals surface area contributed by atoms with Crippen LogP contribution in [0.15, 0.2) is 48.8 Å². The van der Waals surface area contributed by atoms with Gasteiger partial charge in [0.15, 0.2) is 5.11 Å². The quantitative estimate of drug-likeness (QED) is 0.545. The monoisotopic (exact) mass is 416 g/mol. The SMILES string of the molecule is O=C(NCc1cccnc1)[C@@H]1C[C@@H](O)[C@H](O)[C@@H]2NC(=S)N(c3ccc(F)cc3)[C@@H]21. The summed E-state index contributed by atoms with van der Waals surface area (Å²) in [6.07, 6.45) is 1.27. The van der Waals surface area contributed by atoms with E-state index in [4.69, 9.17) is 12.2 Å². The topological polar surface area (TPSA) is 97.7 Å². The van der Waals surface area contributed by atoms with E-state index < -0.39 is 30.2 Å². The molecule has 7 nitrogen and oxygen atoms in total. The molecule has 29 heavy (non-hydrogen) atoms. The Labute approximate surface area is 172 Å². The fraction of sp³-hybridized carbons (Fsp3) is 0.350. The first-order valence-electron chi connectivity index (χ1n) is 9.34. The summed E-state index contributed by atoms with van der Waals surface area (Å²) in [5.41, 5.74) is 1.47. The highest BCUT2D eigenvalue weighted by atomic mass is 32.1. The maximum absolute atomic E-state index is 13.4. The van der Waals surface area contributed by atoms with Crippen LogP contribution in [-0.2, 0) is 11.3 Å². The molecule has 2 fully saturated rings. The number of carbonyl (C=O) groups excluding carboxylic acids is 1. The number of aliphatic hydroxyl groups excluding tert-OH is 2. The number of nitrogens with zero attached hydrogens (tertiary/aromatic N) is 2. The Morgan fingerprint density at radius 3 is 2.76 bits per heavy atom. The van der Waals surface area contributed by atoms with Gasteiger partial charge < -0.3 is 25.7 Å². The van der Waals surface area contributed by atoms with Crippen LogP contribution in [0.3, 0.4) is 0 Å². The third-order valence-corrected chi connectivity index (χ3v) is 5.79. The fourth-order valence-corrected chi connectivity index (χ4v) is 4.43. The summed E-state index contributed by atoms with van der Waals surface area (Å²) in [6, 6.07) is 8.29. The van der Waals surface area contributed by atoms with E-state index in [-0.39, 0.29) is 18.1 Å². The first-order chi connectivity index (χ1) is 14.0. The van der Waals surface area contributed by atoms with E-state index in [0.717, 1.165) is 5.56 Å². The van der Waals surface area contributed by atoms with E-state index in [9.17, 15) is 19.4 Å². The Bertz CT molecular complexity index is 898. The molecule has 152 valence electrons. The van der Waals surface area contributed by atoms with Crippen LogP contribution >= 0.6 is 12.2 Å². The van der Waals surface area contributed by atoms with Gasteiger partial charge in [0.1, 0.15) is 11.9 Å². The molecule has 1 aliphatic heterocycles. The number of pyridine rings is 1. The molecule has 0 spiro atoms. The van der Waals surface area contributed by atoms with Crippen LogP contribution in [0.25, 0.3) is 0 Å². The summed E-state index contributed by atoms with van der Waals surface area (Å²) in [4.78, 5) is 18.8. The van der Waals surface area contributed by atoms with Crippen molar-refractivity contribution in [3.05, 3.63) is 60.2 Å². The van der Waals surface area contributed by atoms with Crippen LogP contribution in [-0.4, -0.2) is 50.5 Å². The van der Waals surface area contributed by atoms with Crippen LogP contribution in [0.5, 0.6) is 0 Å². The number of thiocarbonyl (C=S) groups is 1. The number of benzene rings is 1. The number of hydrogen-bond donors (Lipinski definition) is 4. The lowest BCUT2D eigenvalue weighted by Crippen LogP contribution is -2.60. The van der Waals surface area contributed by atoms with Gasteiger partial charge in [-0.2, -0.15) is 0 Å². The largest absolute Gasteiger partial charge is 0.390 e. The predicted octanol–water partition coefficient (Wildman–Crippen LogP) is 0.710. The summed E-state index contributed by atoms with van der Waals surface area (Å²) < 4.78 is 13.4. The summed E-state index contributed by atoms with van der Waals surface area (Å²) in [7, 11) is 0. The summed E-state index contributed by atoms with van der Waals surface area (Å²) in [6.45, 7) is 0.299. The molecule has 5 atom stereocenters.